The molecule has 0 bridgehead atoms. The van der Waals surface area contributed by atoms with Crippen molar-refractivity contribution in [2.75, 3.05) is 5.75 Å². The summed E-state index contributed by atoms with van der Waals surface area (Å²) in [5.41, 5.74) is 3.37. The fourth-order valence-electron chi connectivity index (χ4n) is 4.20. The van der Waals surface area contributed by atoms with Crippen molar-refractivity contribution in [1.29, 1.82) is 0 Å². The Morgan fingerprint density at radius 1 is 1.08 bits per heavy atom. The normalized spacial score (nSPS) is 21.8. The molecule has 3 aliphatic rings. The predicted molar refractivity (Wildman–Crippen MR) is 110 cm³/mol. The molecule has 0 atom stereocenters. The van der Waals surface area contributed by atoms with Crippen molar-refractivity contribution < 1.29 is 4.79 Å². The number of Topliss-reactive ketones (excluding diaryl/α,β-unsaturated/α-hetero) is 1. The number of halogens is 1. The van der Waals surface area contributed by atoms with Crippen LogP contribution in [0.1, 0.15) is 68.1 Å². The van der Waals surface area contributed by atoms with Gasteiger partial charge in [-0.25, -0.2) is 0 Å². The summed E-state index contributed by atoms with van der Waals surface area (Å²) >= 11 is 7.55. The molecule has 1 fully saturated rings. The first-order valence-electron chi connectivity index (χ1n) is 9.67. The van der Waals surface area contributed by atoms with Gasteiger partial charge in [0.25, 0.3) is 0 Å². The van der Waals surface area contributed by atoms with E-state index in [1.54, 1.807) is 23.9 Å². The van der Waals surface area contributed by atoms with Gasteiger partial charge in [0.05, 0.1) is 10.8 Å². The fourth-order valence-corrected chi connectivity index (χ4v) is 5.40. The molecule has 3 nitrogen and oxygen atoms in total. The third-order valence-electron chi connectivity index (χ3n) is 5.61. The van der Waals surface area contributed by atoms with E-state index < -0.39 is 0 Å². The van der Waals surface area contributed by atoms with Gasteiger partial charge >= 0.3 is 0 Å². The van der Waals surface area contributed by atoms with E-state index in [-0.39, 0.29) is 11.4 Å². The highest BCUT2D eigenvalue weighted by Gasteiger charge is 2.37. The number of carbonyl (C=O) groups excluding carboxylic acids is 1. The van der Waals surface area contributed by atoms with Gasteiger partial charge in [-0.15, -0.1) is 0 Å². The number of thioether (sulfide) groups is 1. The topological polar surface area (TPSA) is 41.5 Å². The van der Waals surface area contributed by atoms with Crippen LogP contribution in [-0.2, 0) is 0 Å². The number of nitrogens with zero attached hydrogens (tertiary/aromatic N) is 1. The smallest absolute Gasteiger partial charge is 0.173 e. The van der Waals surface area contributed by atoms with Gasteiger partial charge in [-0.1, -0.05) is 29.8 Å². The molecule has 0 saturated heterocycles. The first kappa shape index (κ1) is 18.1. The van der Waals surface area contributed by atoms with Crippen LogP contribution in [0.25, 0.3) is 0 Å². The van der Waals surface area contributed by atoms with E-state index in [0.717, 1.165) is 36.3 Å². The summed E-state index contributed by atoms with van der Waals surface area (Å²) in [5.74, 6) is 0.580. The van der Waals surface area contributed by atoms with Gasteiger partial charge < -0.3 is 5.32 Å². The van der Waals surface area contributed by atoms with Crippen molar-refractivity contribution in [1.82, 2.24) is 5.32 Å². The number of allylic oxidation sites excluding steroid dienone is 1. The van der Waals surface area contributed by atoms with Gasteiger partial charge in [-0.3, -0.25) is 9.79 Å². The van der Waals surface area contributed by atoms with E-state index in [0.29, 0.717) is 10.8 Å². The monoisotopic (exact) mass is 388 g/mol. The molecule has 0 radical (unpaired) electrons. The zero-order valence-corrected chi connectivity index (χ0v) is 16.6. The number of rotatable bonds is 3. The van der Waals surface area contributed by atoms with Gasteiger partial charge in [0, 0.05) is 21.9 Å². The number of benzene rings is 1. The lowest BCUT2D eigenvalue weighted by molar-refractivity contribution is 0.102. The molecule has 1 N–H and O–H groups in total. The van der Waals surface area contributed by atoms with Gasteiger partial charge in [0.15, 0.2) is 5.78 Å². The van der Waals surface area contributed by atoms with Crippen LogP contribution in [0.2, 0.25) is 5.02 Å². The van der Waals surface area contributed by atoms with Crippen molar-refractivity contribution in [2.45, 2.75) is 63.5 Å². The average Bonchev–Trinajstić information content (AvgIpc) is 2.67. The molecular formula is C21H25ClN2OS. The van der Waals surface area contributed by atoms with Crippen molar-refractivity contribution in [3.05, 3.63) is 46.1 Å². The Bertz CT molecular complexity index is 748. The predicted octanol–water partition coefficient (Wildman–Crippen LogP) is 5.75. The molecular weight excluding hydrogens is 364 g/mol. The summed E-state index contributed by atoms with van der Waals surface area (Å²) in [5, 5.41) is 5.58. The van der Waals surface area contributed by atoms with Gasteiger partial charge in [0.2, 0.25) is 0 Å². The van der Waals surface area contributed by atoms with Crippen molar-refractivity contribution in [2.24, 2.45) is 4.99 Å². The number of hydrogen-bond donors (Lipinski definition) is 1. The summed E-state index contributed by atoms with van der Waals surface area (Å²) in [6, 6.07) is 7.17. The molecule has 0 unspecified atom stereocenters. The maximum absolute atomic E-state index is 12.6. The Morgan fingerprint density at radius 2 is 1.81 bits per heavy atom. The second kappa shape index (κ2) is 7.77. The minimum atomic E-state index is -0.111. The van der Waals surface area contributed by atoms with Crippen LogP contribution < -0.4 is 5.32 Å². The Hall–Kier alpha value is -1.26. The molecule has 1 aliphatic heterocycles. The van der Waals surface area contributed by atoms with E-state index in [4.69, 9.17) is 16.6 Å². The van der Waals surface area contributed by atoms with E-state index in [2.05, 4.69) is 5.32 Å². The zero-order chi connectivity index (χ0) is 18.0. The standard InChI is InChI=1S/C21H25ClN2OS/c22-16-10-8-15(9-11-16)19(25)14-26-20-17-6-2-3-7-18(17)23-21(24-20)12-4-1-5-13-21/h8-11,23H,1-7,12-14H2. The number of hydrogen-bond acceptors (Lipinski definition) is 4. The second-order valence-corrected chi connectivity index (χ2v) is 8.92. The Balaban J connectivity index is 1.52. The SMILES string of the molecule is O=C(CSC1=NC2(CCCCC2)NC2=C1CCCC2)c1ccc(Cl)cc1. The Kier molecular flexibility index (Phi) is 5.42. The first-order valence-corrected chi connectivity index (χ1v) is 11.0. The minimum absolute atomic E-state index is 0.111. The molecule has 1 saturated carbocycles. The zero-order valence-electron chi connectivity index (χ0n) is 15.0. The number of nitrogens with one attached hydrogen (secondary N) is 1. The van der Waals surface area contributed by atoms with Crippen LogP contribution in [0, 0.1) is 0 Å². The number of ketones is 1. The molecule has 0 aromatic heterocycles. The van der Waals surface area contributed by atoms with Crippen molar-refractivity contribution in [3.63, 3.8) is 0 Å². The van der Waals surface area contributed by atoms with Gasteiger partial charge in [-0.05, 0) is 75.6 Å². The lowest BCUT2D eigenvalue weighted by atomic mass is 9.85. The average molecular weight is 389 g/mol. The van der Waals surface area contributed by atoms with Crippen LogP contribution in [0.5, 0.6) is 0 Å². The molecule has 2 aliphatic carbocycles. The molecule has 138 valence electrons. The highest BCUT2D eigenvalue weighted by Crippen LogP contribution is 2.39. The third-order valence-corrected chi connectivity index (χ3v) is 6.88. The van der Waals surface area contributed by atoms with Crippen molar-refractivity contribution >= 4 is 34.2 Å². The maximum atomic E-state index is 12.6. The first-order chi connectivity index (χ1) is 12.7. The summed E-state index contributed by atoms with van der Waals surface area (Å²) in [6.07, 6.45) is 10.7. The van der Waals surface area contributed by atoms with Crippen LogP contribution in [0.15, 0.2) is 40.5 Å². The summed E-state index contributed by atoms with van der Waals surface area (Å²) < 4.78 is 0. The molecule has 0 amide bonds. The lowest BCUT2D eigenvalue weighted by Gasteiger charge is -2.42. The quantitative estimate of drug-likeness (QED) is 0.670. The molecule has 4 rings (SSSR count). The highest BCUT2D eigenvalue weighted by atomic mass is 35.5. The maximum Gasteiger partial charge on any atom is 0.173 e. The molecule has 26 heavy (non-hydrogen) atoms. The summed E-state index contributed by atoms with van der Waals surface area (Å²) in [6.45, 7) is 0. The molecule has 1 heterocycles. The largest absolute Gasteiger partial charge is 0.364 e. The second-order valence-electron chi connectivity index (χ2n) is 7.52. The third kappa shape index (κ3) is 3.86. The molecule has 1 spiro atoms. The Morgan fingerprint density at radius 3 is 2.58 bits per heavy atom. The van der Waals surface area contributed by atoms with Crippen LogP contribution in [-0.4, -0.2) is 22.2 Å². The molecule has 1 aromatic rings. The van der Waals surface area contributed by atoms with Gasteiger partial charge in [-0.2, -0.15) is 0 Å². The number of aliphatic imine (C=N–C) groups is 1. The number of carbonyl (C=O) groups is 1. The lowest BCUT2D eigenvalue weighted by Crippen LogP contribution is -2.48. The summed E-state index contributed by atoms with van der Waals surface area (Å²) in [7, 11) is 0. The van der Waals surface area contributed by atoms with E-state index in [1.807, 2.05) is 12.1 Å². The minimum Gasteiger partial charge on any atom is -0.364 e. The van der Waals surface area contributed by atoms with E-state index in [9.17, 15) is 4.79 Å². The van der Waals surface area contributed by atoms with E-state index >= 15 is 0 Å². The van der Waals surface area contributed by atoms with Gasteiger partial charge in [0.1, 0.15) is 5.66 Å². The molecule has 5 heteroatoms. The van der Waals surface area contributed by atoms with Crippen LogP contribution >= 0.6 is 23.4 Å². The van der Waals surface area contributed by atoms with Crippen LogP contribution in [0.4, 0.5) is 0 Å². The van der Waals surface area contributed by atoms with E-state index in [1.165, 1.54) is 43.4 Å². The Labute approximate surface area is 164 Å². The van der Waals surface area contributed by atoms with Crippen LogP contribution in [0.3, 0.4) is 0 Å². The van der Waals surface area contributed by atoms with Crippen molar-refractivity contribution in [3.8, 4) is 0 Å². The fraction of sp³-hybridized carbons (Fsp3) is 0.524. The highest BCUT2D eigenvalue weighted by molar-refractivity contribution is 8.15. The molecule has 1 aromatic carbocycles. The summed E-state index contributed by atoms with van der Waals surface area (Å²) in [4.78, 5) is 17.8.